The Hall–Kier alpha value is -3.85. The Kier molecular flexibility index (Phi) is 5.70. The van der Waals surface area contributed by atoms with Crippen molar-refractivity contribution < 1.29 is 14.3 Å². The maximum absolute atomic E-state index is 13.1. The highest BCUT2D eigenvalue weighted by Crippen LogP contribution is 2.32. The lowest BCUT2D eigenvalue weighted by Crippen LogP contribution is -2.50. The number of hydrogen-bond acceptors (Lipinski definition) is 6. The highest BCUT2D eigenvalue weighted by molar-refractivity contribution is 5.93. The average molecular weight is 448 g/mol. The van der Waals surface area contributed by atoms with Gasteiger partial charge in [-0.05, 0) is 23.3 Å². The molecule has 170 valence electrons. The number of aromatic amines is 1. The SMILES string of the molecule is O=C(c1c[nH]c(=O)n(Cc2ccc3c(c2)OCO3)c1=O)N1CCN(Cc2ccccc2)CC1. The third-order valence-corrected chi connectivity index (χ3v) is 5.98. The average Bonchev–Trinajstić information content (AvgIpc) is 3.31. The first-order valence-electron chi connectivity index (χ1n) is 10.8. The fraction of sp³-hybridized carbons (Fsp3) is 0.292. The fourth-order valence-corrected chi connectivity index (χ4v) is 4.15. The number of fused-ring (bicyclic) bond motifs is 1. The fourth-order valence-electron chi connectivity index (χ4n) is 4.15. The van der Waals surface area contributed by atoms with Gasteiger partial charge in [-0.1, -0.05) is 36.4 Å². The van der Waals surface area contributed by atoms with Crippen LogP contribution in [0.5, 0.6) is 11.5 Å². The van der Waals surface area contributed by atoms with Crippen LogP contribution in [0.1, 0.15) is 21.5 Å². The zero-order chi connectivity index (χ0) is 22.8. The molecule has 9 nitrogen and oxygen atoms in total. The number of rotatable bonds is 5. The summed E-state index contributed by atoms with van der Waals surface area (Å²) in [5, 5.41) is 0. The van der Waals surface area contributed by atoms with Crippen molar-refractivity contribution in [2.45, 2.75) is 13.1 Å². The predicted octanol–water partition coefficient (Wildman–Crippen LogP) is 1.27. The topological polar surface area (TPSA) is 96.9 Å². The number of benzene rings is 2. The lowest BCUT2D eigenvalue weighted by molar-refractivity contribution is 0.0625. The second-order valence-electron chi connectivity index (χ2n) is 8.14. The summed E-state index contributed by atoms with van der Waals surface area (Å²) < 4.78 is 11.7. The van der Waals surface area contributed by atoms with E-state index in [1.165, 1.54) is 11.8 Å². The Bertz CT molecular complexity index is 1280. The van der Waals surface area contributed by atoms with Crippen LogP contribution in [0.3, 0.4) is 0 Å². The van der Waals surface area contributed by atoms with E-state index in [1.54, 1.807) is 23.1 Å². The molecule has 0 unspecified atom stereocenters. The number of ether oxygens (including phenoxy) is 2. The van der Waals surface area contributed by atoms with Crippen LogP contribution in [0.2, 0.25) is 0 Å². The second-order valence-corrected chi connectivity index (χ2v) is 8.14. The summed E-state index contributed by atoms with van der Waals surface area (Å²) in [6.07, 6.45) is 1.22. The van der Waals surface area contributed by atoms with Crippen molar-refractivity contribution in [3.8, 4) is 11.5 Å². The lowest BCUT2D eigenvalue weighted by atomic mass is 10.2. The van der Waals surface area contributed by atoms with Crippen LogP contribution in [0.15, 0.2) is 64.3 Å². The molecule has 3 aromatic rings. The summed E-state index contributed by atoms with van der Waals surface area (Å²) in [6, 6.07) is 15.4. The molecule has 2 aliphatic rings. The number of carbonyl (C=O) groups is 1. The molecule has 1 aromatic heterocycles. The van der Waals surface area contributed by atoms with Crippen molar-refractivity contribution in [3.63, 3.8) is 0 Å². The minimum atomic E-state index is -0.604. The molecule has 1 saturated heterocycles. The smallest absolute Gasteiger partial charge is 0.328 e. The maximum Gasteiger partial charge on any atom is 0.328 e. The van der Waals surface area contributed by atoms with Crippen molar-refractivity contribution in [1.82, 2.24) is 19.4 Å². The van der Waals surface area contributed by atoms with E-state index >= 15 is 0 Å². The molecule has 0 radical (unpaired) electrons. The Balaban J connectivity index is 1.29. The van der Waals surface area contributed by atoms with Crippen molar-refractivity contribution in [2.75, 3.05) is 33.0 Å². The van der Waals surface area contributed by atoms with Gasteiger partial charge in [-0.3, -0.25) is 19.1 Å². The van der Waals surface area contributed by atoms with Crippen LogP contribution in [0.25, 0.3) is 0 Å². The molecule has 0 bridgehead atoms. The zero-order valence-electron chi connectivity index (χ0n) is 18.0. The quantitative estimate of drug-likeness (QED) is 0.632. The molecule has 9 heteroatoms. The number of nitrogens with one attached hydrogen (secondary N) is 1. The number of carbonyl (C=O) groups excluding carboxylic acids is 1. The molecule has 2 aromatic carbocycles. The normalized spacial score (nSPS) is 15.6. The number of nitrogens with zero attached hydrogens (tertiary/aromatic N) is 3. The van der Waals surface area contributed by atoms with Crippen LogP contribution in [-0.4, -0.2) is 58.2 Å². The Labute approximate surface area is 189 Å². The Morgan fingerprint density at radius 1 is 0.879 bits per heavy atom. The first kappa shape index (κ1) is 21.0. The Morgan fingerprint density at radius 3 is 2.42 bits per heavy atom. The summed E-state index contributed by atoms with van der Waals surface area (Å²) in [5.41, 5.74) is 0.720. The summed E-state index contributed by atoms with van der Waals surface area (Å²) in [4.78, 5) is 45.0. The highest BCUT2D eigenvalue weighted by Gasteiger charge is 2.25. The van der Waals surface area contributed by atoms with Crippen LogP contribution in [0.4, 0.5) is 0 Å². The molecule has 1 amide bonds. The van der Waals surface area contributed by atoms with Crippen LogP contribution < -0.4 is 20.7 Å². The monoisotopic (exact) mass is 448 g/mol. The van der Waals surface area contributed by atoms with Gasteiger partial charge < -0.3 is 19.4 Å². The van der Waals surface area contributed by atoms with Crippen molar-refractivity contribution in [1.29, 1.82) is 0 Å². The molecule has 0 saturated carbocycles. The minimum Gasteiger partial charge on any atom is -0.454 e. The minimum absolute atomic E-state index is 0.0246. The largest absolute Gasteiger partial charge is 0.454 e. The molecule has 3 heterocycles. The van der Waals surface area contributed by atoms with Gasteiger partial charge in [-0.25, -0.2) is 4.79 Å². The lowest BCUT2D eigenvalue weighted by Gasteiger charge is -2.34. The summed E-state index contributed by atoms with van der Waals surface area (Å²) >= 11 is 0. The molecule has 2 aliphatic heterocycles. The van der Waals surface area contributed by atoms with E-state index in [2.05, 4.69) is 22.0 Å². The van der Waals surface area contributed by atoms with Crippen molar-refractivity contribution >= 4 is 5.91 Å². The van der Waals surface area contributed by atoms with Gasteiger partial charge in [0, 0.05) is 38.9 Å². The van der Waals surface area contributed by atoms with Crippen LogP contribution in [0, 0.1) is 0 Å². The molecule has 1 N–H and O–H groups in total. The van der Waals surface area contributed by atoms with Crippen LogP contribution in [-0.2, 0) is 13.1 Å². The van der Waals surface area contributed by atoms with Gasteiger partial charge in [0.15, 0.2) is 11.5 Å². The van der Waals surface area contributed by atoms with E-state index in [1.807, 2.05) is 18.2 Å². The number of hydrogen-bond donors (Lipinski definition) is 1. The van der Waals surface area contributed by atoms with E-state index in [0.29, 0.717) is 30.2 Å². The van der Waals surface area contributed by atoms with Gasteiger partial charge in [0.05, 0.1) is 6.54 Å². The van der Waals surface area contributed by atoms with E-state index in [-0.39, 0.29) is 24.8 Å². The van der Waals surface area contributed by atoms with Crippen LogP contribution >= 0.6 is 0 Å². The van der Waals surface area contributed by atoms with E-state index in [4.69, 9.17) is 9.47 Å². The number of aromatic nitrogens is 2. The van der Waals surface area contributed by atoms with Crippen molar-refractivity contribution in [2.24, 2.45) is 0 Å². The predicted molar refractivity (Wildman–Crippen MR) is 121 cm³/mol. The standard InChI is InChI=1S/C24H24N4O5/c29-22(27-10-8-26(9-11-27)14-17-4-2-1-3-5-17)19-13-25-24(31)28(23(19)30)15-18-6-7-20-21(12-18)33-16-32-20/h1-7,12-13H,8-11,14-16H2,(H,25,31). The molecule has 33 heavy (non-hydrogen) atoms. The summed E-state index contributed by atoms with van der Waals surface area (Å²) in [7, 11) is 0. The molecule has 5 rings (SSSR count). The molecular weight excluding hydrogens is 424 g/mol. The van der Waals surface area contributed by atoms with Gasteiger partial charge in [0.2, 0.25) is 6.79 Å². The zero-order valence-corrected chi connectivity index (χ0v) is 18.0. The first-order chi connectivity index (χ1) is 16.1. The number of amides is 1. The van der Waals surface area contributed by atoms with Gasteiger partial charge in [-0.15, -0.1) is 0 Å². The third kappa shape index (κ3) is 4.40. The molecule has 0 aliphatic carbocycles. The molecule has 0 atom stereocenters. The maximum atomic E-state index is 13.1. The van der Waals surface area contributed by atoms with Gasteiger partial charge in [-0.2, -0.15) is 0 Å². The van der Waals surface area contributed by atoms with Gasteiger partial charge >= 0.3 is 5.69 Å². The number of piperazine rings is 1. The Morgan fingerprint density at radius 2 is 1.64 bits per heavy atom. The van der Waals surface area contributed by atoms with E-state index < -0.39 is 11.2 Å². The number of H-pyrrole nitrogens is 1. The second kappa shape index (κ2) is 8.95. The summed E-state index contributed by atoms with van der Waals surface area (Å²) in [6.45, 7) is 3.46. The van der Waals surface area contributed by atoms with Gasteiger partial charge in [0.1, 0.15) is 5.56 Å². The van der Waals surface area contributed by atoms with Gasteiger partial charge in [0.25, 0.3) is 11.5 Å². The highest BCUT2D eigenvalue weighted by atomic mass is 16.7. The third-order valence-electron chi connectivity index (χ3n) is 5.98. The molecule has 1 fully saturated rings. The van der Waals surface area contributed by atoms with Crippen molar-refractivity contribution in [3.05, 3.63) is 92.3 Å². The van der Waals surface area contributed by atoms with E-state index in [9.17, 15) is 14.4 Å². The van der Waals surface area contributed by atoms with E-state index in [0.717, 1.165) is 24.2 Å². The molecular formula is C24H24N4O5. The summed E-state index contributed by atoms with van der Waals surface area (Å²) in [5.74, 6) is 0.822. The molecule has 0 spiro atoms. The first-order valence-corrected chi connectivity index (χ1v) is 10.8.